The standard InChI is InChI=1S/C17H33N3O7/c1-17(2,3)27-16(25)20-12-14(24)13(23)10(9-21)26-15(12)19-11(22)7-5-4-6-8-18/h10,12-15,21,23-24H,4-9,18H2,1-3H3,(H,19,22)(H,20,25)/t10-,12-,13-,14-,15-/m1/s1. The van der Waals surface area contributed by atoms with Crippen LogP contribution in [0.1, 0.15) is 46.5 Å². The zero-order valence-electron chi connectivity index (χ0n) is 16.2. The number of nitrogens with one attached hydrogen (secondary N) is 2. The number of aliphatic hydroxyl groups is 3. The van der Waals surface area contributed by atoms with Crippen molar-refractivity contribution in [1.82, 2.24) is 10.6 Å². The molecule has 158 valence electrons. The van der Waals surface area contributed by atoms with Crippen molar-refractivity contribution in [1.29, 1.82) is 0 Å². The summed E-state index contributed by atoms with van der Waals surface area (Å²) in [6, 6.07) is -1.15. The quantitative estimate of drug-likeness (QED) is 0.286. The fraction of sp³-hybridized carbons (Fsp3) is 0.882. The highest BCUT2D eigenvalue weighted by Gasteiger charge is 2.46. The molecule has 1 heterocycles. The number of unbranched alkanes of at least 4 members (excludes halogenated alkanes) is 2. The van der Waals surface area contributed by atoms with Crippen LogP contribution < -0.4 is 16.4 Å². The molecule has 7 N–H and O–H groups in total. The van der Waals surface area contributed by atoms with Gasteiger partial charge in [-0.25, -0.2) is 4.79 Å². The number of hydrogen-bond acceptors (Lipinski definition) is 8. The second-order valence-corrected chi connectivity index (χ2v) is 7.60. The fourth-order valence-electron chi connectivity index (χ4n) is 2.68. The number of alkyl carbamates (subject to hydrolysis) is 1. The van der Waals surface area contributed by atoms with E-state index in [-0.39, 0.29) is 12.3 Å². The number of hydrogen-bond donors (Lipinski definition) is 6. The molecule has 1 aliphatic heterocycles. The van der Waals surface area contributed by atoms with Crippen LogP contribution in [0.2, 0.25) is 0 Å². The van der Waals surface area contributed by atoms with Gasteiger partial charge in [-0.1, -0.05) is 6.42 Å². The Kier molecular flexibility index (Phi) is 9.40. The monoisotopic (exact) mass is 391 g/mol. The highest BCUT2D eigenvalue weighted by atomic mass is 16.6. The van der Waals surface area contributed by atoms with Gasteiger partial charge in [-0.15, -0.1) is 0 Å². The fourth-order valence-corrected chi connectivity index (χ4v) is 2.68. The summed E-state index contributed by atoms with van der Waals surface area (Å²) >= 11 is 0. The molecule has 0 saturated carbocycles. The first kappa shape index (κ1) is 23.6. The van der Waals surface area contributed by atoms with Crippen LogP contribution in [0.15, 0.2) is 0 Å². The van der Waals surface area contributed by atoms with Gasteiger partial charge in [0.15, 0.2) is 6.23 Å². The molecule has 1 fully saturated rings. The molecule has 0 bridgehead atoms. The van der Waals surface area contributed by atoms with E-state index in [0.717, 1.165) is 12.8 Å². The third kappa shape index (κ3) is 7.97. The van der Waals surface area contributed by atoms with Crippen molar-refractivity contribution in [3.05, 3.63) is 0 Å². The average molecular weight is 391 g/mol. The van der Waals surface area contributed by atoms with E-state index in [9.17, 15) is 24.9 Å². The van der Waals surface area contributed by atoms with Crippen molar-refractivity contribution in [3.8, 4) is 0 Å². The van der Waals surface area contributed by atoms with Gasteiger partial charge in [0.1, 0.15) is 30.0 Å². The Morgan fingerprint density at radius 2 is 1.78 bits per heavy atom. The van der Waals surface area contributed by atoms with E-state index < -0.39 is 48.9 Å². The van der Waals surface area contributed by atoms with Crippen molar-refractivity contribution in [2.45, 2.75) is 82.6 Å². The zero-order chi connectivity index (χ0) is 20.6. The lowest BCUT2D eigenvalue weighted by atomic mass is 9.96. The number of ether oxygens (including phenoxy) is 2. The Bertz CT molecular complexity index is 484. The van der Waals surface area contributed by atoms with Gasteiger partial charge < -0.3 is 41.2 Å². The number of amides is 2. The molecule has 0 aliphatic carbocycles. The van der Waals surface area contributed by atoms with Crippen LogP contribution >= 0.6 is 0 Å². The molecule has 0 radical (unpaired) electrons. The van der Waals surface area contributed by atoms with Gasteiger partial charge in [-0.3, -0.25) is 4.79 Å². The SMILES string of the molecule is CC(C)(C)OC(=O)N[C@@H]1[C@@H](O)[C@H](O)[C@@H](CO)O[C@H]1NC(=O)CCCCCN. The third-order valence-corrected chi connectivity index (χ3v) is 4.02. The van der Waals surface area contributed by atoms with Gasteiger partial charge in [0.25, 0.3) is 0 Å². The normalized spacial score (nSPS) is 28.5. The van der Waals surface area contributed by atoms with Crippen LogP contribution in [0.5, 0.6) is 0 Å². The summed E-state index contributed by atoms with van der Waals surface area (Å²) in [5.41, 5.74) is 4.65. The summed E-state index contributed by atoms with van der Waals surface area (Å²) in [5, 5.41) is 34.7. The molecular weight excluding hydrogens is 358 g/mol. The Hall–Kier alpha value is -1.46. The van der Waals surface area contributed by atoms with Crippen molar-refractivity contribution in [3.63, 3.8) is 0 Å². The predicted molar refractivity (Wildman–Crippen MR) is 96.6 cm³/mol. The number of carbonyl (C=O) groups excluding carboxylic acids is 2. The summed E-state index contributed by atoms with van der Waals surface area (Å²) < 4.78 is 10.6. The summed E-state index contributed by atoms with van der Waals surface area (Å²) in [5.74, 6) is -0.340. The van der Waals surface area contributed by atoms with Crippen LogP contribution in [0, 0.1) is 0 Å². The Labute approximate surface area is 159 Å². The average Bonchev–Trinajstić information content (AvgIpc) is 2.56. The topological polar surface area (TPSA) is 163 Å². The van der Waals surface area contributed by atoms with E-state index in [1.54, 1.807) is 20.8 Å². The molecule has 2 amide bonds. The van der Waals surface area contributed by atoms with Crippen LogP contribution in [0.3, 0.4) is 0 Å². The van der Waals surface area contributed by atoms with E-state index >= 15 is 0 Å². The highest BCUT2D eigenvalue weighted by Crippen LogP contribution is 2.21. The molecule has 1 saturated heterocycles. The van der Waals surface area contributed by atoms with E-state index in [2.05, 4.69) is 10.6 Å². The van der Waals surface area contributed by atoms with Gasteiger partial charge in [-0.05, 0) is 40.2 Å². The number of carbonyl (C=O) groups is 2. The zero-order valence-corrected chi connectivity index (χ0v) is 16.2. The van der Waals surface area contributed by atoms with Gasteiger partial charge in [0, 0.05) is 6.42 Å². The highest BCUT2D eigenvalue weighted by molar-refractivity contribution is 5.76. The first-order valence-corrected chi connectivity index (χ1v) is 9.20. The molecule has 0 spiro atoms. The number of rotatable bonds is 8. The van der Waals surface area contributed by atoms with Crippen LogP contribution in [0.25, 0.3) is 0 Å². The minimum atomic E-state index is -1.47. The first-order chi connectivity index (χ1) is 12.6. The van der Waals surface area contributed by atoms with Crippen molar-refractivity contribution in [2.24, 2.45) is 5.73 Å². The third-order valence-electron chi connectivity index (χ3n) is 4.02. The molecule has 5 atom stereocenters. The maximum absolute atomic E-state index is 12.1. The summed E-state index contributed by atoms with van der Waals surface area (Å²) in [7, 11) is 0. The van der Waals surface area contributed by atoms with Crippen LogP contribution in [0.4, 0.5) is 4.79 Å². The van der Waals surface area contributed by atoms with Gasteiger partial charge in [0.05, 0.1) is 6.61 Å². The maximum Gasteiger partial charge on any atom is 0.408 e. The van der Waals surface area contributed by atoms with Crippen molar-refractivity contribution >= 4 is 12.0 Å². The van der Waals surface area contributed by atoms with E-state index in [0.29, 0.717) is 13.0 Å². The minimum Gasteiger partial charge on any atom is -0.444 e. The molecular formula is C17H33N3O7. The molecule has 0 unspecified atom stereocenters. The lowest BCUT2D eigenvalue weighted by Gasteiger charge is -2.42. The first-order valence-electron chi connectivity index (χ1n) is 9.20. The van der Waals surface area contributed by atoms with Crippen LogP contribution in [-0.2, 0) is 14.3 Å². The molecule has 0 aromatic carbocycles. The van der Waals surface area contributed by atoms with Gasteiger partial charge >= 0.3 is 6.09 Å². The Morgan fingerprint density at radius 3 is 2.33 bits per heavy atom. The number of aliphatic hydroxyl groups excluding tert-OH is 3. The summed E-state index contributed by atoms with van der Waals surface area (Å²) in [4.78, 5) is 24.2. The van der Waals surface area contributed by atoms with Gasteiger partial charge in [0.2, 0.25) is 5.91 Å². The largest absolute Gasteiger partial charge is 0.444 e. The second kappa shape index (κ2) is 10.8. The molecule has 10 nitrogen and oxygen atoms in total. The van der Waals surface area contributed by atoms with E-state index in [4.69, 9.17) is 15.2 Å². The maximum atomic E-state index is 12.1. The second-order valence-electron chi connectivity index (χ2n) is 7.60. The van der Waals surface area contributed by atoms with E-state index in [1.807, 2.05) is 0 Å². The Morgan fingerprint density at radius 1 is 1.11 bits per heavy atom. The van der Waals surface area contributed by atoms with Crippen molar-refractivity contribution < 1.29 is 34.4 Å². The summed E-state index contributed by atoms with van der Waals surface area (Å²) in [6.45, 7) is 5.03. The lowest BCUT2D eigenvalue weighted by molar-refractivity contribution is -0.202. The Balaban J connectivity index is 2.77. The molecule has 10 heteroatoms. The minimum absolute atomic E-state index is 0.224. The predicted octanol–water partition coefficient (Wildman–Crippen LogP) is -1.05. The molecule has 0 aromatic heterocycles. The lowest BCUT2D eigenvalue weighted by Crippen LogP contribution is -2.68. The smallest absolute Gasteiger partial charge is 0.408 e. The number of nitrogens with two attached hydrogens (primary N) is 1. The molecule has 1 rings (SSSR count). The summed E-state index contributed by atoms with van der Waals surface area (Å²) in [6.07, 6.45) is -3.49. The molecule has 27 heavy (non-hydrogen) atoms. The van der Waals surface area contributed by atoms with E-state index in [1.165, 1.54) is 0 Å². The molecule has 0 aromatic rings. The molecule has 1 aliphatic rings. The van der Waals surface area contributed by atoms with Crippen LogP contribution in [-0.4, -0.2) is 76.7 Å². The van der Waals surface area contributed by atoms with Crippen molar-refractivity contribution in [2.75, 3.05) is 13.2 Å². The van der Waals surface area contributed by atoms with Gasteiger partial charge in [-0.2, -0.15) is 0 Å².